The van der Waals surface area contributed by atoms with Gasteiger partial charge in [0.05, 0.1) is 5.25 Å². The molecule has 68 valence electrons. The Hall–Kier alpha value is -1.00. The van der Waals surface area contributed by atoms with E-state index in [1.807, 2.05) is 0 Å². The Morgan fingerprint density at radius 3 is 2.77 bits per heavy atom. The standard InChI is InChI=1S/C9H8O3S/c10-8-5-9(13(11)12)7-4-2-1-3-6(7)8/h1-4,9H,5H2,(H,11,12). The van der Waals surface area contributed by atoms with Gasteiger partial charge in [0.2, 0.25) is 0 Å². The van der Waals surface area contributed by atoms with E-state index in [-0.39, 0.29) is 12.2 Å². The van der Waals surface area contributed by atoms with Gasteiger partial charge in [0.15, 0.2) is 16.9 Å². The van der Waals surface area contributed by atoms with E-state index in [2.05, 4.69) is 0 Å². The minimum Gasteiger partial charge on any atom is -0.306 e. The first-order valence-corrected chi connectivity index (χ1v) is 5.09. The summed E-state index contributed by atoms with van der Waals surface area (Å²) in [5, 5.41) is -0.524. The number of rotatable bonds is 1. The van der Waals surface area contributed by atoms with E-state index in [1.165, 1.54) is 0 Å². The van der Waals surface area contributed by atoms with Crippen molar-refractivity contribution in [1.82, 2.24) is 0 Å². The fourth-order valence-electron chi connectivity index (χ4n) is 1.60. The summed E-state index contributed by atoms with van der Waals surface area (Å²) < 4.78 is 19.8. The monoisotopic (exact) mass is 196 g/mol. The maximum absolute atomic E-state index is 11.3. The lowest BCUT2D eigenvalue weighted by Gasteiger charge is -2.03. The number of ketones is 1. The molecule has 1 aromatic rings. The Bertz CT molecular complexity index is 386. The van der Waals surface area contributed by atoms with Crippen LogP contribution in [0.5, 0.6) is 0 Å². The Morgan fingerprint density at radius 2 is 2.08 bits per heavy atom. The number of carbonyl (C=O) groups is 1. The lowest BCUT2D eigenvalue weighted by Crippen LogP contribution is -2.01. The molecule has 0 aromatic heterocycles. The molecular weight excluding hydrogens is 188 g/mol. The quantitative estimate of drug-likeness (QED) is 0.693. The molecule has 2 atom stereocenters. The molecule has 1 aliphatic carbocycles. The van der Waals surface area contributed by atoms with E-state index in [4.69, 9.17) is 4.55 Å². The predicted molar refractivity (Wildman–Crippen MR) is 48.9 cm³/mol. The largest absolute Gasteiger partial charge is 0.306 e. The fraction of sp³-hybridized carbons (Fsp3) is 0.222. The number of Topliss-reactive ketones (excluding diaryl/α,β-unsaturated/α-hetero) is 1. The molecule has 0 radical (unpaired) electrons. The normalized spacial score (nSPS) is 22.8. The third-order valence-electron chi connectivity index (χ3n) is 2.22. The minimum absolute atomic E-state index is 0.0389. The van der Waals surface area contributed by atoms with Crippen LogP contribution in [0.15, 0.2) is 24.3 Å². The molecule has 0 amide bonds. The lowest BCUT2D eigenvalue weighted by atomic mass is 10.1. The van der Waals surface area contributed by atoms with Crippen LogP contribution in [0.3, 0.4) is 0 Å². The highest BCUT2D eigenvalue weighted by Gasteiger charge is 2.32. The van der Waals surface area contributed by atoms with Crippen LogP contribution in [0.2, 0.25) is 0 Å². The van der Waals surface area contributed by atoms with Gasteiger partial charge >= 0.3 is 0 Å². The van der Waals surface area contributed by atoms with Crippen molar-refractivity contribution in [2.75, 3.05) is 0 Å². The van der Waals surface area contributed by atoms with Crippen LogP contribution in [0.25, 0.3) is 0 Å². The molecule has 0 saturated carbocycles. The van der Waals surface area contributed by atoms with Gasteiger partial charge < -0.3 is 4.55 Å². The summed E-state index contributed by atoms with van der Waals surface area (Å²) in [5.74, 6) is -0.0389. The summed E-state index contributed by atoms with van der Waals surface area (Å²) in [6.45, 7) is 0. The highest BCUT2D eigenvalue weighted by Crippen LogP contribution is 2.34. The summed E-state index contributed by atoms with van der Waals surface area (Å²) in [6.07, 6.45) is 0.155. The second kappa shape index (κ2) is 3.05. The van der Waals surface area contributed by atoms with Crippen molar-refractivity contribution in [3.63, 3.8) is 0 Å². The lowest BCUT2D eigenvalue weighted by molar-refractivity contribution is 0.0993. The summed E-state index contributed by atoms with van der Waals surface area (Å²) in [6, 6.07) is 6.97. The molecule has 4 heteroatoms. The Labute approximate surface area is 78.1 Å². The van der Waals surface area contributed by atoms with Gasteiger partial charge in [-0.15, -0.1) is 0 Å². The number of benzene rings is 1. The third-order valence-corrected chi connectivity index (χ3v) is 3.13. The summed E-state index contributed by atoms with van der Waals surface area (Å²) in [5.41, 5.74) is 1.29. The van der Waals surface area contributed by atoms with E-state index >= 15 is 0 Å². The van der Waals surface area contributed by atoms with Gasteiger partial charge in [0.1, 0.15) is 0 Å². The van der Waals surface area contributed by atoms with Crippen LogP contribution in [0.1, 0.15) is 27.6 Å². The van der Waals surface area contributed by atoms with Crippen molar-refractivity contribution < 1.29 is 13.6 Å². The van der Waals surface area contributed by atoms with Crippen LogP contribution < -0.4 is 0 Å². The van der Waals surface area contributed by atoms with E-state index in [1.54, 1.807) is 24.3 Å². The molecule has 1 aromatic carbocycles. The van der Waals surface area contributed by atoms with Crippen molar-refractivity contribution in [3.8, 4) is 0 Å². The van der Waals surface area contributed by atoms with Crippen LogP contribution in [0.4, 0.5) is 0 Å². The predicted octanol–water partition coefficient (Wildman–Crippen LogP) is 1.54. The van der Waals surface area contributed by atoms with Crippen molar-refractivity contribution in [3.05, 3.63) is 35.4 Å². The zero-order valence-corrected chi connectivity index (χ0v) is 7.58. The number of hydrogen-bond acceptors (Lipinski definition) is 2. The first kappa shape index (κ1) is 8.59. The molecule has 1 aliphatic rings. The van der Waals surface area contributed by atoms with Gasteiger partial charge in [-0.1, -0.05) is 24.3 Å². The number of fused-ring (bicyclic) bond motifs is 1. The Balaban J connectivity index is 2.53. The Morgan fingerprint density at radius 1 is 1.38 bits per heavy atom. The van der Waals surface area contributed by atoms with Crippen LogP contribution in [0, 0.1) is 0 Å². The average molecular weight is 196 g/mol. The SMILES string of the molecule is O=C1CC(S(=O)O)c2ccccc21. The molecular formula is C9H8O3S. The smallest absolute Gasteiger partial charge is 0.164 e. The third kappa shape index (κ3) is 1.32. The fourth-order valence-corrected chi connectivity index (χ4v) is 2.32. The van der Waals surface area contributed by atoms with Gasteiger partial charge in [0, 0.05) is 12.0 Å². The molecule has 0 saturated heterocycles. The van der Waals surface area contributed by atoms with E-state index in [0.29, 0.717) is 11.1 Å². The molecule has 0 aliphatic heterocycles. The van der Waals surface area contributed by atoms with Crippen molar-refractivity contribution in [2.45, 2.75) is 11.7 Å². The second-order valence-electron chi connectivity index (χ2n) is 2.98. The molecule has 0 heterocycles. The molecule has 2 unspecified atom stereocenters. The Kier molecular flexibility index (Phi) is 2.01. The van der Waals surface area contributed by atoms with Crippen LogP contribution in [-0.4, -0.2) is 14.5 Å². The highest BCUT2D eigenvalue weighted by atomic mass is 32.2. The maximum Gasteiger partial charge on any atom is 0.164 e. The minimum atomic E-state index is -1.94. The summed E-state index contributed by atoms with van der Waals surface area (Å²) in [4.78, 5) is 11.3. The molecule has 3 nitrogen and oxygen atoms in total. The first-order valence-electron chi connectivity index (χ1n) is 3.92. The van der Waals surface area contributed by atoms with Gasteiger partial charge in [-0.3, -0.25) is 4.79 Å². The molecule has 13 heavy (non-hydrogen) atoms. The van der Waals surface area contributed by atoms with Crippen molar-refractivity contribution in [1.29, 1.82) is 0 Å². The molecule has 1 N–H and O–H groups in total. The summed E-state index contributed by atoms with van der Waals surface area (Å²) in [7, 11) is 0. The second-order valence-corrected chi connectivity index (χ2v) is 4.10. The van der Waals surface area contributed by atoms with Crippen molar-refractivity contribution in [2.24, 2.45) is 0 Å². The zero-order chi connectivity index (χ0) is 9.42. The molecule has 0 fully saturated rings. The average Bonchev–Trinajstić information content (AvgIpc) is 2.45. The summed E-state index contributed by atoms with van der Waals surface area (Å²) >= 11 is -1.94. The first-order chi connectivity index (χ1) is 6.20. The van der Waals surface area contributed by atoms with Crippen LogP contribution in [-0.2, 0) is 11.1 Å². The van der Waals surface area contributed by atoms with Gasteiger partial charge in [-0.2, -0.15) is 0 Å². The van der Waals surface area contributed by atoms with E-state index in [9.17, 15) is 9.00 Å². The van der Waals surface area contributed by atoms with Crippen LogP contribution >= 0.6 is 0 Å². The molecule has 2 rings (SSSR count). The highest BCUT2D eigenvalue weighted by molar-refractivity contribution is 7.79. The molecule has 0 bridgehead atoms. The van der Waals surface area contributed by atoms with Gasteiger partial charge in [-0.05, 0) is 5.56 Å². The zero-order valence-electron chi connectivity index (χ0n) is 6.77. The maximum atomic E-state index is 11.3. The molecule has 0 spiro atoms. The number of carbonyl (C=O) groups excluding carboxylic acids is 1. The van der Waals surface area contributed by atoms with Gasteiger partial charge in [-0.25, -0.2) is 4.21 Å². The topological polar surface area (TPSA) is 54.4 Å². The number of hydrogen-bond donors (Lipinski definition) is 1. The van der Waals surface area contributed by atoms with Crippen molar-refractivity contribution >= 4 is 16.9 Å². The van der Waals surface area contributed by atoms with Gasteiger partial charge in [0.25, 0.3) is 0 Å². The van der Waals surface area contributed by atoms with E-state index < -0.39 is 16.3 Å². The van der Waals surface area contributed by atoms with E-state index in [0.717, 1.165) is 0 Å².